The van der Waals surface area contributed by atoms with Gasteiger partial charge in [0.1, 0.15) is 12.4 Å². The second kappa shape index (κ2) is 11.6. The summed E-state index contributed by atoms with van der Waals surface area (Å²) in [6.07, 6.45) is 1.80. The number of carbonyl (C=O) groups is 1. The second-order valence-corrected chi connectivity index (χ2v) is 10.3. The maximum absolute atomic E-state index is 12.5. The first-order chi connectivity index (χ1) is 16.9. The predicted octanol–water partition coefficient (Wildman–Crippen LogP) is 7.09. The fraction of sp³-hybridized carbons (Fsp3) is 0.120. The van der Waals surface area contributed by atoms with E-state index in [0.717, 1.165) is 26.1 Å². The van der Waals surface area contributed by atoms with Gasteiger partial charge < -0.3 is 19.5 Å². The molecule has 1 aliphatic heterocycles. The van der Waals surface area contributed by atoms with E-state index in [-0.39, 0.29) is 5.91 Å². The third kappa shape index (κ3) is 6.43. The molecule has 1 amide bonds. The van der Waals surface area contributed by atoms with Gasteiger partial charge in [-0.05, 0) is 100 Å². The number of ether oxygens (including phenoxy) is 3. The molecule has 1 fully saturated rings. The Balaban J connectivity index is 1.51. The lowest BCUT2D eigenvalue weighted by Crippen LogP contribution is -2.19. The van der Waals surface area contributed by atoms with Crippen LogP contribution >= 0.6 is 57.6 Å². The first kappa shape index (κ1) is 25.7. The third-order valence-electron chi connectivity index (χ3n) is 4.87. The number of benzene rings is 3. The highest BCUT2D eigenvalue weighted by Crippen LogP contribution is 2.37. The monoisotopic (exact) mass is 640 g/mol. The van der Waals surface area contributed by atoms with E-state index in [9.17, 15) is 4.79 Å². The zero-order chi connectivity index (χ0) is 24.9. The third-order valence-corrected chi connectivity index (χ3v) is 7.32. The molecule has 1 N–H and O–H groups in total. The van der Waals surface area contributed by atoms with E-state index in [2.05, 4.69) is 32.9 Å². The van der Waals surface area contributed by atoms with Gasteiger partial charge in [-0.1, -0.05) is 29.3 Å². The van der Waals surface area contributed by atoms with Crippen molar-refractivity contribution in [3.8, 4) is 17.2 Å². The lowest BCUT2D eigenvalue weighted by molar-refractivity contribution is -0.115. The molecule has 0 aliphatic carbocycles. The highest BCUT2D eigenvalue weighted by Gasteiger charge is 2.24. The van der Waals surface area contributed by atoms with Crippen molar-refractivity contribution >= 4 is 80.4 Å². The fourth-order valence-electron chi connectivity index (χ4n) is 3.15. The van der Waals surface area contributed by atoms with Crippen LogP contribution in [-0.2, 0) is 11.4 Å². The van der Waals surface area contributed by atoms with E-state index >= 15 is 0 Å². The van der Waals surface area contributed by atoms with Crippen LogP contribution in [0, 0.1) is 3.57 Å². The molecule has 3 aromatic rings. The molecule has 0 saturated carbocycles. The summed E-state index contributed by atoms with van der Waals surface area (Å²) in [4.78, 5) is 17.5. The van der Waals surface area contributed by atoms with Crippen molar-refractivity contribution in [1.29, 1.82) is 0 Å². The highest BCUT2D eigenvalue weighted by molar-refractivity contribution is 14.1. The van der Waals surface area contributed by atoms with E-state index in [4.69, 9.17) is 37.4 Å². The molecule has 0 spiro atoms. The number of hydrogen-bond donors (Lipinski definition) is 1. The molecule has 0 bridgehead atoms. The van der Waals surface area contributed by atoms with Gasteiger partial charge in [-0.25, -0.2) is 4.99 Å². The standard InChI is InChI=1S/C25H19Cl2IN2O4S/c1-32-17-6-4-16(5-7-17)29-25-30-24(31)22(35-25)12-15-10-20(28)23(21(11-15)33-2)34-13-14-3-8-18(26)19(27)9-14/h3-12H,13H2,1-2H3,(H,29,30,31)/b22-12+. The summed E-state index contributed by atoms with van der Waals surface area (Å²) in [6.45, 7) is 0.299. The van der Waals surface area contributed by atoms with Gasteiger partial charge >= 0.3 is 0 Å². The first-order valence-corrected chi connectivity index (χ1v) is 12.9. The van der Waals surface area contributed by atoms with Crippen LogP contribution in [0.5, 0.6) is 17.2 Å². The molecule has 6 nitrogen and oxygen atoms in total. The summed E-state index contributed by atoms with van der Waals surface area (Å²) in [5.41, 5.74) is 2.40. The van der Waals surface area contributed by atoms with Crippen LogP contribution in [0.1, 0.15) is 11.1 Å². The number of halogens is 3. The molecule has 35 heavy (non-hydrogen) atoms. The molecule has 4 rings (SSSR count). The number of hydrogen-bond acceptors (Lipinski definition) is 6. The Bertz CT molecular complexity index is 1330. The lowest BCUT2D eigenvalue weighted by Gasteiger charge is -2.14. The fourth-order valence-corrected chi connectivity index (χ4v) is 5.10. The smallest absolute Gasteiger partial charge is 0.264 e. The molecule has 10 heteroatoms. The van der Waals surface area contributed by atoms with E-state index in [0.29, 0.717) is 38.2 Å². The number of amides is 1. The molecule has 1 heterocycles. The minimum Gasteiger partial charge on any atom is -0.497 e. The van der Waals surface area contributed by atoms with Gasteiger partial charge in [0.15, 0.2) is 16.7 Å². The number of thioether (sulfide) groups is 1. The number of aliphatic imine (C=N–C) groups is 1. The summed E-state index contributed by atoms with van der Waals surface area (Å²) in [6, 6.07) is 16.4. The Morgan fingerprint density at radius 2 is 1.80 bits per heavy atom. The number of nitrogens with zero attached hydrogens (tertiary/aromatic N) is 1. The normalized spacial score (nSPS) is 15.4. The number of nitrogens with one attached hydrogen (secondary N) is 1. The Kier molecular flexibility index (Phi) is 8.48. The van der Waals surface area contributed by atoms with Gasteiger partial charge in [0.2, 0.25) is 0 Å². The minimum absolute atomic E-state index is 0.212. The zero-order valence-corrected chi connectivity index (χ0v) is 23.1. The molecule has 1 aliphatic rings. The van der Waals surface area contributed by atoms with Crippen molar-refractivity contribution in [2.24, 2.45) is 4.99 Å². The van der Waals surface area contributed by atoms with Crippen LogP contribution in [0.15, 0.2) is 64.5 Å². The minimum atomic E-state index is -0.212. The Hall–Kier alpha value is -2.40. The van der Waals surface area contributed by atoms with Crippen molar-refractivity contribution in [3.05, 3.63) is 84.2 Å². The van der Waals surface area contributed by atoms with Crippen LogP contribution in [0.2, 0.25) is 10.0 Å². The first-order valence-electron chi connectivity index (χ1n) is 10.2. The molecule has 0 atom stereocenters. The zero-order valence-electron chi connectivity index (χ0n) is 18.6. The summed E-state index contributed by atoms with van der Waals surface area (Å²) in [5, 5.41) is 4.27. The van der Waals surface area contributed by atoms with Crippen LogP contribution < -0.4 is 19.5 Å². The average molecular weight is 641 g/mol. The quantitative estimate of drug-likeness (QED) is 0.221. The summed E-state index contributed by atoms with van der Waals surface area (Å²) >= 11 is 15.5. The van der Waals surface area contributed by atoms with Gasteiger partial charge in [0.05, 0.1) is 38.4 Å². The van der Waals surface area contributed by atoms with Crippen molar-refractivity contribution in [1.82, 2.24) is 5.32 Å². The van der Waals surface area contributed by atoms with E-state index in [1.165, 1.54) is 11.8 Å². The molecular weight excluding hydrogens is 622 g/mol. The molecule has 180 valence electrons. The van der Waals surface area contributed by atoms with Crippen molar-refractivity contribution < 1.29 is 19.0 Å². The number of rotatable bonds is 7. The molecule has 3 aromatic carbocycles. The SMILES string of the molecule is COc1ccc(N=C2NC(=O)/C(=C\c3cc(I)c(OCc4ccc(Cl)c(Cl)c4)c(OC)c3)S2)cc1. The Labute approximate surface area is 230 Å². The lowest BCUT2D eigenvalue weighted by atomic mass is 10.2. The van der Waals surface area contributed by atoms with Gasteiger partial charge in [-0.2, -0.15) is 0 Å². The molecule has 0 aromatic heterocycles. The van der Waals surface area contributed by atoms with Gasteiger partial charge in [-0.3, -0.25) is 4.79 Å². The Morgan fingerprint density at radius 3 is 2.49 bits per heavy atom. The maximum Gasteiger partial charge on any atom is 0.264 e. The predicted molar refractivity (Wildman–Crippen MR) is 150 cm³/mol. The molecular formula is C25H19Cl2IN2O4S. The number of amidine groups is 1. The van der Waals surface area contributed by atoms with Crippen LogP contribution in [0.25, 0.3) is 6.08 Å². The molecule has 0 radical (unpaired) electrons. The summed E-state index contributed by atoms with van der Waals surface area (Å²) in [7, 11) is 3.18. The van der Waals surface area contributed by atoms with Gasteiger partial charge in [-0.15, -0.1) is 0 Å². The van der Waals surface area contributed by atoms with Crippen LogP contribution in [0.3, 0.4) is 0 Å². The number of carbonyl (C=O) groups excluding carboxylic acids is 1. The van der Waals surface area contributed by atoms with E-state index in [1.54, 1.807) is 32.4 Å². The van der Waals surface area contributed by atoms with E-state index in [1.807, 2.05) is 42.5 Å². The summed E-state index contributed by atoms with van der Waals surface area (Å²) in [5.74, 6) is 1.69. The van der Waals surface area contributed by atoms with Gasteiger partial charge in [0, 0.05) is 0 Å². The second-order valence-electron chi connectivity index (χ2n) is 7.25. The number of methoxy groups -OCH3 is 2. The molecule has 0 unspecified atom stereocenters. The van der Waals surface area contributed by atoms with Crippen molar-refractivity contribution in [2.75, 3.05) is 14.2 Å². The van der Waals surface area contributed by atoms with Crippen LogP contribution in [0.4, 0.5) is 5.69 Å². The highest BCUT2D eigenvalue weighted by atomic mass is 127. The topological polar surface area (TPSA) is 69.2 Å². The van der Waals surface area contributed by atoms with Gasteiger partial charge in [0.25, 0.3) is 5.91 Å². The van der Waals surface area contributed by atoms with Crippen molar-refractivity contribution in [3.63, 3.8) is 0 Å². The summed E-state index contributed by atoms with van der Waals surface area (Å²) < 4.78 is 17.6. The van der Waals surface area contributed by atoms with E-state index < -0.39 is 0 Å². The average Bonchev–Trinajstić information content (AvgIpc) is 3.18. The Morgan fingerprint density at radius 1 is 1.03 bits per heavy atom. The molecule has 1 saturated heterocycles. The van der Waals surface area contributed by atoms with Crippen LogP contribution in [-0.4, -0.2) is 25.3 Å². The largest absolute Gasteiger partial charge is 0.497 e. The van der Waals surface area contributed by atoms with Crippen molar-refractivity contribution in [2.45, 2.75) is 6.61 Å². The maximum atomic E-state index is 12.5.